The van der Waals surface area contributed by atoms with Gasteiger partial charge in [0.05, 0.1) is 26.9 Å². The van der Waals surface area contributed by atoms with Crippen molar-refractivity contribution in [3.8, 4) is 17.6 Å². The van der Waals surface area contributed by atoms with Crippen molar-refractivity contribution in [2.24, 2.45) is 0 Å². The molecule has 2 rings (SSSR count). The zero-order valence-corrected chi connectivity index (χ0v) is 12.3. The Morgan fingerprint density at radius 2 is 1.67 bits per heavy atom. The fourth-order valence-electron chi connectivity index (χ4n) is 1.89. The van der Waals surface area contributed by atoms with Crippen LogP contribution >= 0.6 is 0 Å². The van der Waals surface area contributed by atoms with Crippen molar-refractivity contribution in [3.63, 3.8) is 0 Å². The maximum atomic E-state index is 5.23. The predicted molar refractivity (Wildman–Crippen MR) is 76.5 cm³/mol. The van der Waals surface area contributed by atoms with E-state index in [2.05, 4.69) is 20.3 Å². The van der Waals surface area contributed by atoms with Crippen LogP contribution in [-0.2, 0) is 13.1 Å². The number of aromatic nitrogens is 3. The van der Waals surface area contributed by atoms with E-state index in [1.807, 2.05) is 12.1 Å². The number of hydrogen-bond acceptors (Lipinski definition) is 7. The first-order chi connectivity index (χ1) is 10.3. The van der Waals surface area contributed by atoms with Gasteiger partial charge in [-0.3, -0.25) is 0 Å². The van der Waals surface area contributed by atoms with Gasteiger partial charge in [0.1, 0.15) is 6.33 Å². The summed E-state index contributed by atoms with van der Waals surface area (Å²) in [4.78, 5) is 12.2. The molecular formula is C14H18N4O3. The Morgan fingerprint density at radius 1 is 0.952 bits per heavy atom. The second-order valence-electron chi connectivity index (χ2n) is 4.18. The molecule has 2 aromatic heterocycles. The molecule has 112 valence electrons. The van der Waals surface area contributed by atoms with Crippen molar-refractivity contribution in [2.45, 2.75) is 13.1 Å². The van der Waals surface area contributed by atoms with E-state index in [9.17, 15) is 0 Å². The van der Waals surface area contributed by atoms with Crippen LogP contribution in [-0.4, -0.2) is 36.3 Å². The third kappa shape index (κ3) is 3.79. The van der Waals surface area contributed by atoms with E-state index in [-0.39, 0.29) is 0 Å². The summed E-state index contributed by atoms with van der Waals surface area (Å²) in [6.07, 6.45) is 3.12. The Morgan fingerprint density at radius 3 is 2.29 bits per heavy atom. The number of nitrogens with one attached hydrogen (secondary N) is 1. The van der Waals surface area contributed by atoms with Crippen molar-refractivity contribution in [3.05, 3.63) is 35.8 Å². The molecule has 2 aromatic rings. The minimum atomic E-state index is 0.502. The smallest absolute Gasteiger partial charge is 0.224 e. The highest BCUT2D eigenvalue weighted by Gasteiger charge is 2.12. The van der Waals surface area contributed by atoms with E-state index < -0.39 is 0 Å². The Hall–Kier alpha value is -2.41. The summed E-state index contributed by atoms with van der Waals surface area (Å²) in [5, 5.41) is 3.30. The fourth-order valence-corrected chi connectivity index (χ4v) is 1.89. The lowest BCUT2D eigenvalue weighted by atomic mass is 10.2. The van der Waals surface area contributed by atoms with Crippen molar-refractivity contribution in [1.82, 2.24) is 20.3 Å². The van der Waals surface area contributed by atoms with Gasteiger partial charge >= 0.3 is 0 Å². The van der Waals surface area contributed by atoms with Crippen molar-refractivity contribution in [2.75, 3.05) is 21.3 Å². The van der Waals surface area contributed by atoms with Gasteiger partial charge < -0.3 is 19.5 Å². The van der Waals surface area contributed by atoms with E-state index in [0.717, 1.165) is 11.1 Å². The average Bonchev–Trinajstić information content (AvgIpc) is 2.55. The van der Waals surface area contributed by atoms with Crippen LogP contribution in [0.2, 0.25) is 0 Å². The molecular weight excluding hydrogens is 272 g/mol. The molecule has 0 aliphatic carbocycles. The zero-order valence-electron chi connectivity index (χ0n) is 12.3. The van der Waals surface area contributed by atoms with E-state index >= 15 is 0 Å². The molecule has 0 unspecified atom stereocenters. The minimum absolute atomic E-state index is 0.502. The summed E-state index contributed by atoms with van der Waals surface area (Å²) in [7, 11) is 4.73. The van der Waals surface area contributed by atoms with Gasteiger partial charge in [-0.15, -0.1) is 0 Å². The summed E-state index contributed by atoms with van der Waals surface area (Å²) in [6, 6.07) is 3.80. The predicted octanol–water partition coefficient (Wildman–Crippen LogP) is 1.19. The van der Waals surface area contributed by atoms with Gasteiger partial charge in [0, 0.05) is 25.4 Å². The minimum Gasteiger partial charge on any atom is -0.481 e. The van der Waals surface area contributed by atoms with E-state index in [1.165, 1.54) is 6.33 Å². The molecule has 1 N–H and O–H groups in total. The third-order valence-corrected chi connectivity index (χ3v) is 2.89. The molecule has 0 spiro atoms. The molecule has 7 nitrogen and oxygen atoms in total. The number of methoxy groups -OCH3 is 3. The Kier molecular flexibility index (Phi) is 5.28. The Bertz CT molecular complexity index is 570. The maximum Gasteiger partial charge on any atom is 0.224 e. The molecule has 0 aliphatic heterocycles. The fraction of sp³-hybridized carbons (Fsp3) is 0.357. The SMILES string of the molecule is COc1cc(CNCc2c(OC)ncnc2OC)ccn1. The number of rotatable bonds is 7. The topological polar surface area (TPSA) is 78.4 Å². The summed E-state index contributed by atoms with van der Waals surface area (Å²) in [6.45, 7) is 1.18. The maximum absolute atomic E-state index is 5.23. The number of nitrogens with zero attached hydrogens (tertiary/aromatic N) is 3. The number of hydrogen-bond donors (Lipinski definition) is 1. The van der Waals surface area contributed by atoms with Gasteiger partial charge in [-0.2, -0.15) is 0 Å². The van der Waals surface area contributed by atoms with Gasteiger partial charge in [-0.1, -0.05) is 0 Å². The van der Waals surface area contributed by atoms with Crippen molar-refractivity contribution >= 4 is 0 Å². The van der Waals surface area contributed by atoms with Gasteiger partial charge in [-0.25, -0.2) is 15.0 Å². The molecule has 21 heavy (non-hydrogen) atoms. The third-order valence-electron chi connectivity index (χ3n) is 2.89. The first kappa shape index (κ1) is 15.0. The van der Waals surface area contributed by atoms with E-state index in [4.69, 9.17) is 14.2 Å². The largest absolute Gasteiger partial charge is 0.481 e. The first-order valence-electron chi connectivity index (χ1n) is 6.40. The van der Waals surface area contributed by atoms with Crippen LogP contribution < -0.4 is 19.5 Å². The van der Waals surface area contributed by atoms with Gasteiger partial charge in [0.15, 0.2) is 0 Å². The second-order valence-corrected chi connectivity index (χ2v) is 4.18. The van der Waals surface area contributed by atoms with Crippen molar-refractivity contribution in [1.29, 1.82) is 0 Å². The molecule has 2 heterocycles. The second kappa shape index (κ2) is 7.39. The van der Waals surface area contributed by atoms with Gasteiger partial charge in [-0.05, 0) is 11.6 Å². The summed E-state index contributed by atoms with van der Waals surface area (Å²) >= 11 is 0. The Labute approximate surface area is 123 Å². The number of ether oxygens (including phenoxy) is 3. The molecule has 0 atom stereocenters. The van der Waals surface area contributed by atoms with Crippen LogP contribution in [0.3, 0.4) is 0 Å². The van der Waals surface area contributed by atoms with Crippen LogP contribution in [0.15, 0.2) is 24.7 Å². The molecule has 0 bridgehead atoms. The summed E-state index contributed by atoms with van der Waals surface area (Å²) in [5.74, 6) is 1.59. The molecule has 0 amide bonds. The lowest BCUT2D eigenvalue weighted by Crippen LogP contribution is -2.15. The summed E-state index contributed by atoms with van der Waals surface area (Å²) in [5.41, 5.74) is 1.85. The van der Waals surface area contributed by atoms with Crippen LogP contribution in [0, 0.1) is 0 Å². The highest BCUT2D eigenvalue weighted by molar-refractivity contribution is 5.34. The van der Waals surface area contributed by atoms with E-state index in [1.54, 1.807) is 27.5 Å². The lowest BCUT2D eigenvalue weighted by molar-refractivity contribution is 0.359. The molecule has 0 saturated carbocycles. The molecule has 0 aromatic carbocycles. The summed E-state index contributed by atoms with van der Waals surface area (Å²) < 4.78 is 15.5. The van der Waals surface area contributed by atoms with Crippen LogP contribution in [0.25, 0.3) is 0 Å². The Balaban J connectivity index is 2.03. The first-order valence-corrected chi connectivity index (χ1v) is 6.40. The van der Waals surface area contributed by atoms with Crippen molar-refractivity contribution < 1.29 is 14.2 Å². The molecule has 0 saturated heterocycles. The quantitative estimate of drug-likeness (QED) is 0.820. The highest BCUT2D eigenvalue weighted by atomic mass is 16.5. The lowest BCUT2D eigenvalue weighted by Gasteiger charge is -2.11. The highest BCUT2D eigenvalue weighted by Crippen LogP contribution is 2.23. The molecule has 7 heteroatoms. The van der Waals surface area contributed by atoms with Crippen LogP contribution in [0.4, 0.5) is 0 Å². The normalized spacial score (nSPS) is 10.2. The average molecular weight is 290 g/mol. The van der Waals surface area contributed by atoms with Gasteiger partial charge in [0.2, 0.25) is 17.6 Å². The zero-order chi connectivity index (χ0) is 15.1. The van der Waals surface area contributed by atoms with Crippen LogP contribution in [0.5, 0.6) is 17.6 Å². The van der Waals surface area contributed by atoms with E-state index in [0.29, 0.717) is 30.7 Å². The molecule has 0 fully saturated rings. The monoisotopic (exact) mass is 290 g/mol. The van der Waals surface area contributed by atoms with Crippen LogP contribution in [0.1, 0.15) is 11.1 Å². The molecule has 0 radical (unpaired) electrons. The van der Waals surface area contributed by atoms with Gasteiger partial charge in [0.25, 0.3) is 0 Å². The standard InChI is InChI=1S/C14H18N4O3/c1-19-12-6-10(4-5-16-12)7-15-8-11-13(20-2)17-9-18-14(11)21-3/h4-6,9,15H,7-8H2,1-3H3. The number of pyridine rings is 1. The molecule has 0 aliphatic rings.